The molecule has 1 aromatic rings. The van der Waals surface area contributed by atoms with Crippen LogP contribution < -0.4 is 5.32 Å². The Morgan fingerprint density at radius 1 is 1.32 bits per heavy atom. The maximum atomic E-state index is 11.5. The second-order valence-corrected chi connectivity index (χ2v) is 5.30. The number of thioether (sulfide) groups is 1. The van der Waals surface area contributed by atoms with Gasteiger partial charge >= 0.3 is 5.97 Å². The smallest absolute Gasteiger partial charge is 0.304 e. The Hall–Kier alpha value is -1.49. The van der Waals surface area contributed by atoms with Crippen LogP contribution in [0.4, 0.5) is 5.69 Å². The van der Waals surface area contributed by atoms with Crippen molar-refractivity contribution < 1.29 is 14.7 Å². The molecule has 5 heteroatoms. The molecule has 0 aliphatic rings. The lowest BCUT2D eigenvalue weighted by molar-refractivity contribution is -0.136. The molecule has 0 fully saturated rings. The van der Waals surface area contributed by atoms with Gasteiger partial charge in [-0.2, -0.15) is 11.8 Å². The fourth-order valence-electron chi connectivity index (χ4n) is 1.54. The number of carbonyl (C=O) groups is 2. The SMILES string of the molecule is CCCC(=O)Nc1cccc(CSCCC(=O)O)c1. The molecule has 0 saturated carbocycles. The molecule has 1 amide bonds. The maximum absolute atomic E-state index is 11.5. The van der Waals surface area contributed by atoms with E-state index >= 15 is 0 Å². The van der Waals surface area contributed by atoms with Gasteiger partial charge in [-0.05, 0) is 24.1 Å². The van der Waals surface area contributed by atoms with Gasteiger partial charge in [0.15, 0.2) is 0 Å². The van der Waals surface area contributed by atoms with Gasteiger partial charge < -0.3 is 10.4 Å². The van der Waals surface area contributed by atoms with E-state index in [1.54, 1.807) is 11.8 Å². The van der Waals surface area contributed by atoms with Crippen molar-refractivity contribution in [3.8, 4) is 0 Å². The number of hydrogen-bond acceptors (Lipinski definition) is 3. The van der Waals surface area contributed by atoms with Gasteiger partial charge in [0.1, 0.15) is 0 Å². The Morgan fingerprint density at radius 3 is 2.79 bits per heavy atom. The van der Waals surface area contributed by atoms with Gasteiger partial charge in [0.05, 0.1) is 6.42 Å². The van der Waals surface area contributed by atoms with Gasteiger partial charge in [0.2, 0.25) is 5.91 Å². The highest BCUT2D eigenvalue weighted by molar-refractivity contribution is 7.98. The van der Waals surface area contributed by atoms with Gasteiger partial charge in [0, 0.05) is 23.6 Å². The zero-order chi connectivity index (χ0) is 14.1. The summed E-state index contributed by atoms with van der Waals surface area (Å²) in [7, 11) is 0. The normalized spacial score (nSPS) is 10.2. The summed E-state index contributed by atoms with van der Waals surface area (Å²) in [6.45, 7) is 1.97. The molecule has 0 radical (unpaired) electrons. The van der Waals surface area contributed by atoms with E-state index in [1.165, 1.54) is 0 Å². The standard InChI is InChI=1S/C14H19NO3S/c1-2-4-13(16)15-12-6-3-5-11(9-12)10-19-8-7-14(17)18/h3,5-6,9H,2,4,7-8,10H2,1H3,(H,15,16)(H,17,18). The number of aliphatic carboxylic acids is 1. The van der Waals surface area contributed by atoms with Crippen LogP contribution in [-0.4, -0.2) is 22.7 Å². The topological polar surface area (TPSA) is 66.4 Å². The van der Waals surface area contributed by atoms with Gasteiger partial charge in [-0.1, -0.05) is 19.1 Å². The van der Waals surface area contributed by atoms with Crippen LogP contribution in [-0.2, 0) is 15.3 Å². The summed E-state index contributed by atoms with van der Waals surface area (Å²) in [5, 5.41) is 11.4. The van der Waals surface area contributed by atoms with Crippen LogP contribution in [0.2, 0.25) is 0 Å². The van der Waals surface area contributed by atoms with Crippen LogP contribution in [0.25, 0.3) is 0 Å². The van der Waals surface area contributed by atoms with Gasteiger partial charge in [-0.15, -0.1) is 0 Å². The minimum absolute atomic E-state index is 0.0261. The number of rotatable bonds is 8. The first-order valence-corrected chi connectivity index (χ1v) is 7.45. The van der Waals surface area contributed by atoms with E-state index in [0.717, 1.165) is 23.4 Å². The molecule has 0 unspecified atom stereocenters. The van der Waals surface area contributed by atoms with Crippen LogP contribution in [0, 0.1) is 0 Å². The predicted molar refractivity (Wildman–Crippen MR) is 78.4 cm³/mol. The fourth-order valence-corrected chi connectivity index (χ4v) is 2.42. The first kappa shape index (κ1) is 15.6. The minimum Gasteiger partial charge on any atom is -0.481 e. The molecule has 0 atom stereocenters. The molecule has 4 nitrogen and oxygen atoms in total. The van der Waals surface area contributed by atoms with E-state index in [0.29, 0.717) is 12.2 Å². The Bertz CT molecular complexity index is 434. The molecule has 0 heterocycles. The zero-order valence-electron chi connectivity index (χ0n) is 11.0. The first-order chi connectivity index (χ1) is 9.11. The molecule has 0 aromatic heterocycles. The first-order valence-electron chi connectivity index (χ1n) is 6.30. The molecule has 0 saturated heterocycles. The zero-order valence-corrected chi connectivity index (χ0v) is 11.8. The Kier molecular flexibility index (Phi) is 7.03. The summed E-state index contributed by atoms with van der Waals surface area (Å²) in [6, 6.07) is 7.66. The monoisotopic (exact) mass is 281 g/mol. The van der Waals surface area contributed by atoms with Crippen LogP contribution in [0.15, 0.2) is 24.3 Å². The fraction of sp³-hybridized carbons (Fsp3) is 0.429. The van der Waals surface area contributed by atoms with E-state index in [-0.39, 0.29) is 12.3 Å². The van der Waals surface area contributed by atoms with E-state index in [1.807, 2.05) is 31.2 Å². The number of nitrogens with one attached hydrogen (secondary N) is 1. The number of hydrogen-bond donors (Lipinski definition) is 2. The number of benzene rings is 1. The molecule has 0 spiro atoms. The summed E-state index contributed by atoms with van der Waals surface area (Å²) < 4.78 is 0. The molecule has 0 aliphatic carbocycles. The van der Waals surface area contributed by atoms with Gasteiger partial charge in [-0.25, -0.2) is 0 Å². The van der Waals surface area contributed by atoms with Gasteiger partial charge in [0.25, 0.3) is 0 Å². The van der Waals surface area contributed by atoms with Crippen LogP contribution in [0.1, 0.15) is 31.7 Å². The number of amides is 1. The largest absolute Gasteiger partial charge is 0.481 e. The summed E-state index contributed by atoms with van der Waals surface area (Å²) in [4.78, 5) is 21.9. The van der Waals surface area contributed by atoms with Crippen molar-refractivity contribution in [1.82, 2.24) is 0 Å². The third-order valence-corrected chi connectivity index (χ3v) is 3.45. The third-order valence-electron chi connectivity index (χ3n) is 2.42. The van der Waals surface area contributed by atoms with E-state index in [4.69, 9.17) is 5.11 Å². The summed E-state index contributed by atoms with van der Waals surface area (Å²) in [5.74, 6) is 0.609. The second-order valence-electron chi connectivity index (χ2n) is 4.19. The number of carboxylic acid groups (broad SMARTS) is 1. The predicted octanol–water partition coefficient (Wildman–Crippen LogP) is 3.13. The van der Waals surface area contributed by atoms with Crippen molar-refractivity contribution in [2.45, 2.75) is 31.9 Å². The van der Waals surface area contributed by atoms with Crippen molar-refractivity contribution in [3.63, 3.8) is 0 Å². The molecule has 104 valence electrons. The Morgan fingerprint density at radius 2 is 2.11 bits per heavy atom. The van der Waals surface area contributed by atoms with Crippen molar-refractivity contribution >= 4 is 29.3 Å². The third kappa shape index (κ3) is 6.86. The highest BCUT2D eigenvalue weighted by Gasteiger charge is 2.02. The van der Waals surface area contributed by atoms with Crippen molar-refractivity contribution in [2.75, 3.05) is 11.1 Å². The molecular formula is C14H19NO3S. The molecule has 0 aliphatic heterocycles. The number of carbonyl (C=O) groups excluding carboxylic acids is 1. The second kappa shape index (κ2) is 8.58. The van der Waals surface area contributed by atoms with E-state index in [2.05, 4.69) is 5.32 Å². The number of anilines is 1. The molecule has 1 rings (SSSR count). The average Bonchev–Trinajstić information content (AvgIpc) is 2.35. The lowest BCUT2D eigenvalue weighted by Gasteiger charge is -2.06. The molecule has 0 bridgehead atoms. The highest BCUT2D eigenvalue weighted by Crippen LogP contribution is 2.17. The molecule has 2 N–H and O–H groups in total. The van der Waals surface area contributed by atoms with Crippen molar-refractivity contribution in [3.05, 3.63) is 29.8 Å². The van der Waals surface area contributed by atoms with E-state index < -0.39 is 5.97 Å². The molecular weight excluding hydrogens is 262 g/mol. The summed E-state index contributed by atoms with van der Waals surface area (Å²) in [6.07, 6.45) is 1.53. The van der Waals surface area contributed by atoms with Gasteiger partial charge in [-0.3, -0.25) is 9.59 Å². The van der Waals surface area contributed by atoms with Crippen LogP contribution in [0.5, 0.6) is 0 Å². The van der Waals surface area contributed by atoms with E-state index in [9.17, 15) is 9.59 Å². The summed E-state index contributed by atoms with van der Waals surface area (Å²) >= 11 is 1.58. The highest BCUT2D eigenvalue weighted by atomic mass is 32.2. The van der Waals surface area contributed by atoms with Crippen molar-refractivity contribution in [1.29, 1.82) is 0 Å². The lowest BCUT2D eigenvalue weighted by atomic mass is 10.2. The number of carboxylic acids is 1. The van der Waals surface area contributed by atoms with Crippen LogP contribution in [0.3, 0.4) is 0 Å². The Labute approximate surface area is 117 Å². The quantitative estimate of drug-likeness (QED) is 0.718. The van der Waals surface area contributed by atoms with Crippen LogP contribution >= 0.6 is 11.8 Å². The lowest BCUT2D eigenvalue weighted by Crippen LogP contribution is -2.10. The average molecular weight is 281 g/mol. The molecule has 1 aromatic carbocycles. The molecule has 19 heavy (non-hydrogen) atoms. The minimum atomic E-state index is -0.770. The van der Waals surface area contributed by atoms with Crippen molar-refractivity contribution in [2.24, 2.45) is 0 Å². The Balaban J connectivity index is 2.43. The summed E-state index contributed by atoms with van der Waals surface area (Å²) in [5.41, 5.74) is 1.89. The maximum Gasteiger partial charge on any atom is 0.304 e.